The van der Waals surface area contributed by atoms with Crippen LogP contribution in [-0.2, 0) is 21.4 Å². The molecule has 0 aliphatic rings. The maximum Gasteiger partial charge on any atom is 0.330 e. The van der Waals surface area contributed by atoms with Crippen LogP contribution in [-0.4, -0.2) is 40.6 Å². The molecular weight excluding hydrogens is 544 g/mol. The maximum absolute atomic E-state index is 13.4. The zero-order valence-electron chi connectivity index (χ0n) is 22.5. The van der Waals surface area contributed by atoms with Gasteiger partial charge in [0.15, 0.2) is 0 Å². The molecule has 0 saturated carbocycles. The number of rotatable bonds is 11. The summed E-state index contributed by atoms with van der Waals surface area (Å²) in [4.78, 5) is 27.6. The van der Waals surface area contributed by atoms with E-state index in [1.54, 1.807) is 62.7 Å². The molecular formula is C30H30N4O6S. The van der Waals surface area contributed by atoms with Crippen LogP contribution in [0.25, 0.3) is 0 Å². The number of carbonyl (C=O) groups is 2. The Labute approximate surface area is 239 Å². The minimum atomic E-state index is -4.32. The number of para-hydroxylation sites is 1. The second-order valence-corrected chi connectivity index (χ2v) is 10.4. The smallest absolute Gasteiger partial charge is 0.330 e. The largest absolute Gasteiger partial charge is 0.497 e. The van der Waals surface area contributed by atoms with Crippen molar-refractivity contribution in [1.82, 2.24) is 10.0 Å². The Kier molecular flexibility index (Phi) is 9.43. The number of nitrogens with zero attached hydrogens (tertiary/aromatic N) is 1. The number of methoxy groups -OCH3 is 1. The molecule has 11 heteroatoms. The highest BCUT2D eigenvalue weighted by atomic mass is 32.2. The molecule has 0 bridgehead atoms. The topological polar surface area (TPSA) is 126 Å². The summed E-state index contributed by atoms with van der Waals surface area (Å²) in [6.07, 6.45) is 0.143. The Morgan fingerprint density at radius 2 is 1.34 bits per heavy atom. The molecule has 0 aromatic heterocycles. The standard InChI is InChI=1S/C30H30N4O6S/c1-34(24-15-19-25(39-2)20-16-24)29(35)28(21-22-9-5-3-6-10-22)31-30(36)33-41(37,38)32-23-13-17-27(18-14-23)40-26-11-7-4-8-12-26/h3-20,28,32H,21H2,1-2H3,(H2,31,33,36). The Morgan fingerprint density at radius 3 is 1.95 bits per heavy atom. The lowest BCUT2D eigenvalue weighted by Gasteiger charge is -2.25. The number of ether oxygens (including phenoxy) is 2. The second-order valence-electron chi connectivity index (χ2n) is 8.96. The van der Waals surface area contributed by atoms with Gasteiger partial charge in [-0.2, -0.15) is 8.42 Å². The van der Waals surface area contributed by atoms with E-state index < -0.39 is 28.2 Å². The van der Waals surface area contributed by atoms with Crippen molar-refractivity contribution in [2.75, 3.05) is 23.8 Å². The van der Waals surface area contributed by atoms with Crippen molar-refractivity contribution >= 4 is 33.5 Å². The Morgan fingerprint density at radius 1 is 0.780 bits per heavy atom. The summed E-state index contributed by atoms with van der Waals surface area (Å²) in [5, 5.41) is 2.51. The minimum Gasteiger partial charge on any atom is -0.497 e. The van der Waals surface area contributed by atoms with Crippen LogP contribution in [0.4, 0.5) is 16.2 Å². The quantitative estimate of drug-likeness (QED) is 0.238. The van der Waals surface area contributed by atoms with E-state index >= 15 is 0 Å². The molecule has 212 valence electrons. The molecule has 0 saturated heterocycles. The molecule has 0 aliphatic carbocycles. The van der Waals surface area contributed by atoms with Gasteiger partial charge in [-0.15, -0.1) is 0 Å². The van der Waals surface area contributed by atoms with E-state index in [1.165, 1.54) is 17.0 Å². The van der Waals surface area contributed by atoms with Crippen LogP contribution in [0.2, 0.25) is 0 Å². The van der Waals surface area contributed by atoms with Crippen molar-refractivity contribution in [1.29, 1.82) is 0 Å². The highest BCUT2D eigenvalue weighted by Crippen LogP contribution is 2.23. The number of anilines is 2. The van der Waals surface area contributed by atoms with Crippen LogP contribution in [0.1, 0.15) is 5.56 Å². The van der Waals surface area contributed by atoms with E-state index in [1.807, 2.05) is 53.3 Å². The first-order valence-electron chi connectivity index (χ1n) is 12.6. The number of nitrogens with one attached hydrogen (secondary N) is 3. The molecule has 4 aromatic rings. The third-order valence-electron chi connectivity index (χ3n) is 5.99. The number of carbonyl (C=O) groups excluding carboxylic acids is 2. The molecule has 4 rings (SSSR count). The number of hydrogen-bond acceptors (Lipinski definition) is 6. The summed E-state index contributed by atoms with van der Waals surface area (Å²) >= 11 is 0. The Bertz CT molecular complexity index is 1550. The minimum absolute atomic E-state index is 0.143. The molecule has 41 heavy (non-hydrogen) atoms. The van der Waals surface area contributed by atoms with Crippen molar-refractivity contribution in [2.24, 2.45) is 0 Å². The van der Waals surface area contributed by atoms with Gasteiger partial charge < -0.3 is 19.7 Å². The van der Waals surface area contributed by atoms with Gasteiger partial charge in [0.25, 0.3) is 0 Å². The van der Waals surface area contributed by atoms with Crippen molar-refractivity contribution in [3.63, 3.8) is 0 Å². The van der Waals surface area contributed by atoms with E-state index in [9.17, 15) is 18.0 Å². The molecule has 1 unspecified atom stereocenters. The molecule has 0 radical (unpaired) electrons. The number of benzene rings is 4. The van der Waals surface area contributed by atoms with Gasteiger partial charge in [0.1, 0.15) is 23.3 Å². The van der Waals surface area contributed by atoms with Gasteiger partial charge in [-0.05, 0) is 66.2 Å². The van der Waals surface area contributed by atoms with Crippen LogP contribution in [0, 0.1) is 0 Å². The first kappa shape index (κ1) is 29.0. The van der Waals surface area contributed by atoms with Crippen molar-refractivity contribution in [3.05, 3.63) is 115 Å². The van der Waals surface area contributed by atoms with Gasteiger partial charge in [0, 0.05) is 19.2 Å². The molecule has 3 amide bonds. The number of urea groups is 1. The van der Waals surface area contributed by atoms with Crippen LogP contribution in [0.5, 0.6) is 17.2 Å². The fraction of sp³-hybridized carbons (Fsp3) is 0.133. The third-order valence-corrected chi connectivity index (χ3v) is 6.95. The van der Waals surface area contributed by atoms with Gasteiger partial charge >= 0.3 is 16.2 Å². The lowest BCUT2D eigenvalue weighted by atomic mass is 10.0. The number of hydrogen-bond donors (Lipinski definition) is 3. The van der Waals surface area contributed by atoms with Gasteiger partial charge in [0.05, 0.1) is 12.8 Å². The summed E-state index contributed by atoms with van der Waals surface area (Å²) in [6.45, 7) is 0. The first-order valence-corrected chi connectivity index (χ1v) is 14.1. The average molecular weight is 575 g/mol. The van der Waals surface area contributed by atoms with Crippen molar-refractivity contribution in [2.45, 2.75) is 12.5 Å². The predicted octanol–water partition coefficient (Wildman–Crippen LogP) is 4.72. The SMILES string of the molecule is COc1ccc(N(C)C(=O)C(Cc2ccccc2)NC(=O)NS(=O)(=O)Nc2ccc(Oc3ccccc3)cc2)cc1. The summed E-state index contributed by atoms with van der Waals surface area (Å²) in [5.74, 6) is 1.34. The van der Waals surface area contributed by atoms with E-state index in [0.717, 1.165) is 5.56 Å². The van der Waals surface area contributed by atoms with Crippen LogP contribution >= 0.6 is 0 Å². The van der Waals surface area contributed by atoms with Crippen molar-refractivity contribution in [3.8, 4) is 17.2 Å². The lowest BCUT2D eigenvalue weighted by molar-refractivity contribution is -0.120. The van der Waals surface area contributed by atoms with Gasteiger partial charge in [-0.1, -0.05) is 48.5 Å². The molecule has 4 aromatic carbocycles. The van der Waals surface area contributed by atoms with Crippen LogP contribution < -0.4 is 29.1 Å². The normalized spacial score (nSPS) is 11.6. The lowest BCUT2D eigenvalue weighted by Crippen LogP contribution is -2.53. The predicted molar refractivity (Wildman–Crippen MR) is 158 cm³/mol. The molecule has 0 fully saturated rings. The Balaban J connectivity index is 1.42. The second kappa shape index (κ2) is 13.4. The number of likely N-dealkylation sites (N-methyl/N-ethyl adjacent to an activating group) is 1. The van der Waals surface area contributed by atoms with Gasteiger partial charge in [0.2, 0.25) is 5.91 Å². The van der Waals surface area contributed by atoms with Crippen LogP contribution in [0.15, 0.2) is 109 Å². The summed E-state index contributed by atoms with van der Waals surface area (Å²) in [6, 6.07) is 29.1. The van der Waals surface area contributed by atoms with Gasteiger partial charge in [-0.3, -0.25) is 9.52 Å². The molecule has 0 spiro atoms. The highest BCUT2D eigenvalue weighted by Gasteiger charge is 2.27. The molecule has 0 heterocycles. The van der Waals surface area contributed by atoms with Crippen LogP contribution in [0.3, 0.4) is 0 Å². The van der Waals surface area contributed by atoms with E-state index in [-0.39, 0.29) is 12.1 Å². The third kappa shape index (κ3) is 8.48. The first-order chi connectivity index (χ1) is 19.7. The average Bonchev–Trinajstić information content (AvgIpc) is 2.97. The zero-order chi connectivity index (χ0) is 29.2. The van der Waals surface area contributed by atoms with Crippen molar-refractivity contribution < 1.29 is 27.5 Å². The fourth-order valence-corrected chi connectivity index (χ4v) is 4.72. The highest BCUT2D eigenvalue weighted by molar-refractivity contribution is 7.91. The van der Waals surface area contributed by atoms with Gasteiger partial charge in [-0.25, -0.2) is 9.52 Å². The summed E-state index contributed by atoms with van der Waals surface area (Å²) in [5.41, 5.74) is 1.57. The number of amides is 3. The van der Waals surface area contributed by atoms with E-state index in [4.69, 9.17) is 9.47 Å². The molecule has 1 atom stereocenters. The summed E-state index contributed by atoms with van der Waals surface area (Å²) < 4.78 is 40.5. The fourth-order valence-electron chi connectivity index (χ4n) is 3.92. The molecule has 3 N–H and O–H groups in total. The zero-order valence-corrected chi connectivity index (χ0v) is 23.3. The van der Waals surface area contributed by atoms with E-state index in [2.05, 4.69) is 10.0 Å². The molecule has 0 aliphatic heterocycles. The summed E-state index contributed by atoms with van der Waals surface area (Å²) in [7, 11) is -1.20. The Hall–Kier alpha value is -5.03. The molecule has 10 nitrogen and oxygen atoms in total. The maximum atomic E-state index is 13.4. The monoisotopic (exact) mass is 574 g/mol. The van der Waals surface area contributed by atoms with E-state index in [0.29, 0.717) is 22.9 Å².